The number of aliphatic imine (C=N–C) groups is 1. The molecule has 7 nitrogen and oxygen atoms in total. The van der Waals surface area contributed by atoms with Crippen molar-refractivity contribution in [3.8, 4) is 0 Å². The average molecular weight is 363 g/mol. The Hall–Kier alpha value is -1.86. The third-order valence-electron chi connectivity index (χ3n) is 4.60. The molecule has 1 fully saturated rings. The molecule has 0 amide bonds. The van der Waals surface area contributed by atoms with Gasteiger partial charge in [0.1, 0.15) is 5.82 Å². The highest BCUT2D eigenvalue weighted by atomic mass is 16.5. The number of guanidine groups is 1. The van der Waals surface area contributed by atoms with Crippen LogP contribution in [-0.4, -0.2) is 75.4 Å². The molecule has 0 aliphatic carbocycles. The molecule has 0 bridgehead atoms. The normalized spacial score (nSPS) is 16.0. The second kappa shape index (κ2) is 11.7. The first-order chi connectivity index (χ1) is 12.8. The molecule has 1 aromatic heterocycles. The number of rotatable bonds is 9. The van der Waals surface area contributed by atoms with Crippen LogP contribution in [0, 0.1) is 0 Å². The lowest BCUT2D eigenvalue weighted by Crippen LogP contribution is -2.46. The van der Waals surface area contributed by atoms with Gasteiger partial charge in [-0.05, 0) is 31.5 Å². The van der Waals surface area contributed by atoms with Crippen LogP contribution in [0.25, 0.3) is 0 Å². The van der Waals surface area contributed by atoms with E-state index in [1.165, 1.54) is 0 Å². The Morgan fingerprint density at radius 2 is 2.00 bits per heavy atom. The van der Waals surface area contributed by atoms with Crippen LogP contribution in [0.3, 0.4) is 0 Å². The minimum atomic E-state index is 0.710. The van der Waals surface area contributed by atoms with E-state index in [9.17, 15) is 0 Å². The number of likely N-dealkylation sites (N-methyl/N-ethyl adjacent to an activating group) is 1. The van der Waals surface area contributed by atoms with Crippen LogP contribution < -0.4 is 15.5 Å². The SMILES string of the molecule is CCOCCCNC(=NC)NCc1ccc(N2CCN(CC)CC2)nc1. The molecule has 0 saturated carbocycles. The van der Waals surface area contributed by atoms with E-state index in [0.717, 1.165) is 76.2 Å². The van der Waals surface area contributed by atoms with Gasteiger partial charge in [0, 0.05) is 65.7 Å². The van der Waals surface area contributed by atoms with Crippen LogP contribution in [0.15, 0.2) is 23.3 Å². The lowest BCUT2D eigenvalue weighted by atomic mass is 10.2. The fraction of sp³-hybridized carbons (Fsp3) is 0.684. The Morgan fingerprint density at radius 1 is 1.19 bits per heavy atom. The van der Waals surface area contributed by atoms with Gasteiger partial charge in [-0.25, -0.2) is 4.98 Å². The monoisotopic (exact) mass is 362 g/mol. The summed E-state index contributed by atoms with van der Waals surface area (Å²) in [7, 11) is 1.79. The summed E-state index contributed by atoms with van der Waals surface area (Å²) in [6, 6.07) is 4.26. The van der Waals surface area contributed by atoms with Gasteiger partial charge in [0.05, 0.1) is 0 Å². The molecule has 1 aliphatic heterocycles. The van der Waals surface area contributed by atoms with Gasteiger partial charge in [-0.1, -0.05) is 13.0 Å². The fourth-order valence-corrected chi connectivity index (χ4v) is 2.93. The number of piperazine rings is 1. The quantitative estimate of drug-likeness (QED) is 0.392. The highest BCUT2D eigenvalue weighted by Crippen LogP contribution is 2.14. The highest BCUT2D eigenvalue weighted by molar-refractivity contribution is 5.79. The summed E-state index contributed by atoms with van der Waals surface area (Å²) in [6.07, 6.45) is 2.92. The molecule has 2 N–H and O–H groups in total. The predicted octanol–water partition coefficient (Wildman–Crippen LogP) is 1.32. The van der Waals surface area contributed by atoms with Crippen molar-refractivity contribution in [1.82, 2.24) is 20.5 Å². The molecule has 26 heavy (non-hydrogen) atoms. The minimum Gasteiger partial charge on any atom is -0.382 e. The topological polar surface area (TPSA) is 65.0 Å². The first-order valence-electron chi connectivity index (χ1n) is 9.71. The fourth-order valence-electron chi connectivity index (χ4n) is 2.93. The van der Waals surface area contributed by atoms with E-state index in [1.807, 2.05) is 13.1 Å². The molecule has 0 spiro atoms. The zero-order valence-electron chi connectivity index (χ0n) is 16.5. The number of aromatic nitrogens is 1. The van der Waals surface area contributed by atoms with Crippen molar-refractivity contribution in [3.05, 3.63) is 23.9 Å². The van der Waals surface area contributed by atoms with Gasteiger partial charge in [-0.3, -0.25) is 4.99 Å². The van der Waals surface area contributed by atoms with E-state index in [4.69, 9.17) is 4.74 Å². The number of hydrogen-bond acceptors (Lipinski definition) is 5. The summed E-state index contributed by atoms with van der Waals surface area (Å²) in [4.78, 5) is 13.7. The number of nitrogens with one attached hydrogen (secondary N) is 2. The molecule has 1 aliphatic rings. The van der Waals surface area contributed by atoms with E-state index < -0.39 is 0 Å². The van der Waals surface area contributed by atoms with E-state index in [2.05, 4.69) is 49.5 Å². The molecule has 0 unspecified atom stereocenters. The van der Waals surface area contributed by atoms with Crippen molar-refractivity contribution in [2.24, 2.45) is 4.99 Å². The second-order valence-corrected chi connectivity index (χ2v) is 6.35. The van der Waals surface area contributed by atoms with Crippen LogP contribution in [0.1, 0.15) is 25.8 Å². The number of hydrogen-bond donors (Lipinski definition) is 2. The average Bonchev–Trinajstić information content (AvgIpc) is 2.70. The van der Waals surface area contributed by atoms with Crippen molar-refractivity contribution >= 4 is 11.8 Å². The molecular weight excluding hydrogens is 328 g/mol. The summed E-state index contributed by atoms with van der Waals surface area (Å²) < 4.78 is 5.34. The largest absolute Gasteiger partial charge is 0.382 e. The van der Waals surface area contributed by atoms with Gasteiger partial charge in [-0.2, -0.15) is 0 Å². The van der Waals surface area contributed by atoms with Crippen LogP contribution >= 0.6 is 0 Å². The first-order valence-corrected chi connectivity index (χ1v) is 9.71. The number of nitrogens with zero attached hydrogens (tertiary/aromatic N) is 4. The van der Waals surface area contributed by atoms with E-state index in [0.29, 0.717) is 6.54 Å². The summed E-state index contributed by atoms with van der Waals surface area (Å²) in [5.41, 5.74) is 1.15. The molecule has 7 heteroatoms. The van der Waals surface area contributed by atoms with Gasteiger partial charge in [0.15, 0.2) is 5.96 Å². The molecule has 1 saturated heterocycles. The summed E-state index contributed by atoms with van der Waals surface area (Å²) in [5.74, 6) is 1.88. The Bertz CT molecular complexity index is 525. The predicted molar refractivity (Wildman–Crippen MR) is 108 cm³/mol. The van der Waals surface area contributed by atoms with Crippen molar-refractivity contribution in [1.29, 1.82) is 0 Å². The van der Waals surface area contributed by atoms with Crippen LogP contribution in [-0.2, 0) is 11.3 Å². The standard InChI is InChI=1S/C19H34N6O/c1-4-24-10-12-25(13-11-24)18-8-7-17(15-22-18)16-23-19(20-3)21-9-6-14-26-5-2/h7-8,15H,4-6,9-14,16H2,1-3H3,(H2,20,21,23). The second-order valence-electron chi connectivity index (χ2n) is 6.35. The van der Waals surface area contributed by atoms with Gasteiger partial charge < -0.3 is 25.2 Å². The maximum absolute atomic E-state index is 5.34. The van der Waals surface area contributed by atoms with Crippen molar-refractivity contribution in [2.75, 3.05) is 64.4 Å². The first kappa shape index (κ1) is 20.5. The lowest BCUT2D eigenvalue weighted by Gasteiger charge is -2.34. The number of pyridine rings is 1. The zero-order valence-corrected chi connectivity index (χ0v) is 16.5. The molecule has 0 aromatic carbocycles. The van der Waals surface area contributed by atoms with Gasteiger partial charge >= 0.3 is 0 Å². The molecule has 0 atom stereocenters. The summed E-state index contributed by atoms with van der Waals surface area (Å²) >= 11 is 0. The van der Waals surface area contributed by atoms with Crippen LogP contribution in [0.5, 0.6) is 0 Å². The zero-order chi connectivity index (χ0) is 18.6. The van der Waals surface area contributed by atoms with Gasteiger partial charge in [-0.15, -0.1) is 0 Å². The molecule has 0 radical (unpaired) electrons. The number of anilines is 1. The van der Waals surface area contributed by atoms with E-state index in [-0.39, 0.29) is 0 Å². The van der Waals surface area contributed by atoms with E-state index in [1.54, 1.807) is 7.05 Å². The molecule has 146 valence electrons. The highest BCUT2D eigenvalue weighted by Gasteiger charge is 2.16. The minimum absolute atomic E-state index is 0.710. The van der Waals surface area contributed by atoms with Crippen LogP contribution in [0.4, 0.5) is 5.82 Å². The third-order valence-corrected chi connectivity index (χ3v) is 4.60. The smallest absolute Gasteiger partial charge is 0.191 e. The lowest BCUT2D eigenvalue weighted by molar-refractivity contribution is 0.145. The molecule has 2 heterocycles. The van der Waals surface area contributed by atoms with Gasteiger partial charge in [0.25, 0.3) is 0 Å². The third kappa shape index (κ3) is 6.80. The summed E-state index contributed by atoms with van der Waals surface area (Å²) in [6.45, 7) is 12.8. The van der Waals surface area contributed by atoms with Gasteiger partial charge in [0.2, 0.25) is 0 Å². The molecular formula is C19H34N6O. The maximum Gasteiger partial charge on any atom is 0.191 e. The van der Waals surface area contributed by atoms with Crippen molar-refractivity contribution in [3.63, 3.8) is 0 Å². The summed E-state index contributed by atoms with van der Waals surface area (Å²) in [5, 5.41) is 6.62. The Kier molecular flexibility index (Phi) is 9.20. The molecule has 2 rings (SSSR count). The van der Waals surface area contributed by atoms with Crippen LogP contribution in [0.2, 0.25) is 0 Å². The Labute approximate surface area is 157 Å². The number of ether oxygens (including phenoxy) is 1. The van der Waals surface area contributed by atoms with Crippen molar-refractivity contribution < 1.29 is 4.74 Å². The molecule has 1 aromatic rings. The Balaban J connectivity index is 1.72. The maximum atomic E-state index is 5.34. The Morgan fingerprint density at radius 3 is 2.62 bits per heavy atom. The van der Waals surface area contributed by atoms with Crippen molar-refractivity contribution in [2.45, 2.75) is 26.8 Å². The van der Waals surface area contributed by atoms with E-state index >= 15 is 0 Å².